The molecule has 0 heterocycles. The Morgan fingerprint density at radius 2 is 1.92 bits per heavy atom. The van der Waals surface area contributed by atoms with E-state index in [1.807, 2.05) is 43.8 Å². The van der Waals surface area contributed by atoms with E-state index in [-0.39, 0.29) is 15.1 Å². The van der Waals surface area contributed by atoms with Crippen molar-refractivity contribution in [3.05, 3.63) is 35.9 Å². The van der Waals surface area contributed by atoms with Gasteiger partial charge in [0.15, 0.2) is 0 Å². The minimum atomic E-state index is -0.522. The summed E-state index contributed by atoms with van der Waals surface area (Å²) in [6, 6.07) is 10.4. The zero-order chi connectivity index (χ0) is 18.7. The van der Waals surface area contributed by atoms with Crippen molar-refractivity contribution < 1.29 is 14.3 Å². The molecule has 0 aromatic heterocycles. The van der Waals surface area contributed by atoms with Gasteiger partial charge in [-0.25, -0.2) is 0 Å². The molecule has 3 unspecified atom stereocenters. The molecule has 0 aliphatic carbocycles. The predicted octanol–water partition coefficient (Wildman–Crippen LogP) is 5.42. The van der Waals surface area contributed by atoms with E-state index in [2.05, 4.69) is 19.1 Å². The van der Waals surface area contributed by atoms with Gasteiger partial charge in [0.05, 0.1) is 15.9 Å². The third kappa shape index (κ3) is 7.85. The number of thioether (sulfide) groups is 2. The second-order valence-corrected chi connectivity index (χ2v) is 10.3. The summed E-state index contributed by atoms with van der Waals surface area (Å²) in [5.74, 6) is 0.875. The maximum Gasteiger partial charge on any atom is 0.311 e. The van der Waals surface area contributed by atoms with Crippen LogP contribution in [0.25, 0.3) is 0 Å². The molecule has 142 valence electrons. The first-order chi connectivity index (χ1) is 12.0. The number of ether oxygens (including phenoxy) is 2. The van der Waals surface area contributed by atoms with Crippen molar-refractivity contribution in [2.45, 2.75) is 42.8 Å². The molecule has 0 bridgehead atoms. The Balaban J connectivity index is 2.90. The molecule has 3 atom stereocenters. The highest BCUT2D eigenvalue weighted by molar-refractivity contribution is 8.27. The summed E-state index contributed by atoms with van der Waals surface area (Å²) in [5, 5.41) is 0.197. The third-order valence-corrected chi connectivity index (χ3v) is 7.36. The Labute approximate surface area is 166 Å². The van der Waals surface area contributed by atoms with Crippen LogP contribution < -0.4 is 0 Å². The summed E-state index contributed by atoms with van der Waals surface area (Å²) in [7, 11) is 1.60. The minimum Gasteiger partial charge on any atom is -0.463 e. The molecule has 0 N–H and O–H groups in total. The Kier molecular flexibility index (Phi) is 11.1. The summed E-state index contributed by atoms with van der Waals surface area (Å²) in [4.78, 5) is 12.6. The van der Waals surface area contributed by atoms with Gasteiger partial charge in [-0.05, 0) is 31.1 Å². The van der Waals surface area contributed by atoms with Gasteiger partial charge in [-0.1, -0.05) is 44.2 Å². The zero-order valence-electron chi connectivity index (χ0n) is 15.6. The number of carbonyl (C=O) groups excluding carboxylic acids is 1. The lowest BCUT2D eigenvalue weighted by molar-refractivity contribution is -0.156. The van der Waals surface area contributed by atoms with Gasteiger partial charge in [-0.3, -0.25) is 4.79 Å². The summed E-state index contributed by atoms with van der Waals surface area (Å²) >= 11 is 8.31. The smallest absolute Gasteiger partial charge is 0.311 e. The van der Waals surface area contributed by atoms with Gasteiger partial charge in [0.2, 0.25) is 0 Å². The Morgan fingerprint density at radius 3 is 2.48 bits per heavy atom. The highest BCUT2D eigenvalue weighted by Gasteiger charge is 2.36. The number of benzene rings is 1. The lowest BCUT2D eigenvalue weighted by atomic mass is 9.81. The van der Waals surface area contributed by atoms with E-state index in [9.17, 15) is 4.79 Å². The van der Waals surface area contributed by atoms with Gasteiger partial charge in [-0.2, -0.15) is 12.6 Å². The second kappa shape index (κ2) is 12.2. The van der Waals surface area contributed by atoms with Crippen molar-refractivity contribution in [2.24, 2.45) is 5.41 Å². The maximum atomic E-state index is 12.6. The van der Waals surface area contributed by atoms with Gasteiger partial charge < -0.3 is 9.47 Å². The standard InChI is InChI=1S/C19H30O3S3/c1-5-19(3,17(20)22-13-12-21-4)14-16(25-18(23)24-6-2)15-10-8-7-9-11-15/h7-11,16,18,23H,5-6,12-14H2,1-4H3. The quantitative estimate of drug-likeness (QED) is 0.218. The van der Waals surface area contributed by atoms with E-state index in [1.54, 1.807) is 18.9 Å². The van der Waals surface area contributed by atoms with E-state index in [0.29, 0.717) is 13.2 Å². The van der Waals surface area contributed by atoms with Crippen molar-refractivity contribution in [2.75, 3.05) is 26.1 Å². The fraction of sp³-hybridized carbons (Fsp3) is 0.632. The Morgan fingerprint density at radius 1 is 1.24 bits per heavy atom. The monoisotopic (exact) mass is 402 g/mol. The summed E-state index contributed by atoms with van der Waals surface area (Å²) in [6.07, 6.45) is 1.46. The lowest BCUT2D eigenvalue weighted by Crippen LogP contribution is -2.31. The Bertz CT molecular complexity index is 498. The Hall–Kier alpha value is -0.300. The second-order valence-electron chi connectivity index (χ2n) is 6.04. The SMILES string of the molecule is CCSC(S)SC(CC(C)(CC)C(=O)OCCOC)c1ccccc1. The largest absolute Gasteiger partial charge is 0.463 e. The molecule has 6 heteroatoms. The van der Waals surface area contributed by atoms with E-state index < -0.39 is 5.41 Å². The van der Waals surface area contributed by atoms with Crippen LogP contribution in [-0.4, -0.2) is 36.0 Å². The number of hydrogen-bond acceptors (Lipinski definition) is 6. The van der Waals surface area contributed by atoms with Crippen LogP contribution in [0.5, 0.6) is 0 Å². The molecule has 0 radical (unpaired) electrons. The fourth-order valence-corrected chi connectivity index (χ4v) is 5.77. The van der Waals surface area contributed by atoms with Crippen LogP contribution >= 0.6 is 36.2 Å². The first-order valence-corrected chi connectivity index (χ1v) is 11.1. The summed E-state index contributed by atoms with van der Waals surface area (Å²) < 4.78 is 10.6. The number of hydrogen-bond donors (Lipinski definition) is 1. The molecule has 0 amide bonds. The molecule has 0 saturated heterocycles. The van der Waals surface area contributed by atoms with Crippen molar-refractivity contribution >= 4 is 42.1 Å². The van der Waals surface area contributed by atoms with E-state index in [1.165, 1.54) is 5.56 Å². The predicted molar refractivity (Wildman–Crippen MR) is 114 cm³/mol. The lowest BCUT2D eigenvalue weighted by Gasteiger charge is -2.31. The molecular weight excluding hydrogens is 372 g/mol. The van der Waals surface area contributed by atoms with Crippen LogP contribution in [0.2, 0.25) is 0 Å². The highest BCUT2D eigenvalue weighted by atomic mass is 32.3. The topological polar surface area (TPSA) is 35.5 Å². The van der Waals surface area contributed by atoms with Crippen LogP contribution in [0, 0.1) is 5.41 Å². The molecule has 0 saturated carbocycles. The van der Waals surface area contributed by atoms with Crippen molar-refractivity contribution in [1.82, 2.24) is 0 Å². The van der Waals surface area contributed by atoms with Gasteiger partial charge in [-0.15, -0.1) is 23.5 Å². The average Bonchev–Trinajstić information content (AvgIpc) is 2.62. The number of esters is 1. The normalized spacial score (nSPS) is 16.0. The third-order valence-electron chi connectivity index (χ3n) is 4.19. The van der Waals surface area contributed by atoms with E-state index in [4.69, 9.17) is 22.1 Å². The first kappa shape index (κ1) is 22.7. The van der Waals surface area contributed by atoms with Crippen molar-refractivity contribution in [3.8, 4) is 0 Å². The minimum absolute atomic E-state index is 0.146. The van der Waals surface area contributed by atoms with Gasteiger partial charge in [0.25, 0.3) is 0 Å². The summed E-state index contributed by atoms with van der Waals surface area (Å²) in [5.41, 5.74) is 0.707. The maximum absolute atomic E-state index is 12.6. The molecule has 25 heavy (non-hydrogen) atoms. The van der Waals surface area contributed by atoms with Crippen LogP contribution in [-0.2, 0) is 14.3 Å². The fourth-order valence-electron chi connectivity index (χ4n) is 2.41. The zero-order valence-corrected chi connectivity index (χ0v) is 18.1. The molecule has 1 aromatic carbocycles. The van der Waals surface area contributed by atoms with Gasteiger partial charge >= 0.3 is 5.97 Å². The molecule has 1 rings (SSSR count). The molecule has 0 spiro atoms. The van der Waals surface area contributed by atoms with E-state index >= 15 is 0 Å². The number of methoxy groups -OCH3 is 1. The van der Waals surface area contributed by atoms with Crippen molar-refractivity contribution in [1.29, 1.82) is 0 Å². The van der Waals surface area contributed by atoms with Crippen LogP contribution in [0.4, 0.5) is 0 Å². The number of thiol groups is 1. The molecule has 0 fully saturated rings. The molecule has 1 aromatic rings. The van der Waals surface area contributed by atoms with Crippen LogP contribution in [0.15, 0.2) is 30.3 Å². The average molecular weight is 403 g/mol. The highest BCUT2D eigenvalue weighted by Crippen LogP contribution is 2.46. The molecule has 0 aliphatic heterocycles. The van der Waals surface area contributed by atoms with Crippen molar-refractivity contribution in [3.63, 3.8) is 0 Å². The molecule has 0 aliphatic rings. The van der Waals surface area contributed by atoms with Crippen LogP contribution in [0.3, 0.4) is 0 Å². The van der Waals surface area contributed by atoms with Gasteiger partial charge in [0, 0.05) is 12.4 Å². The van der Waals surface area contributed by atoms with Crippen LogP contribution in [0.1, 0.15) is 44.4 Å². The molecule has 3 nitrogen and oxygen atoms in total. The molecular formula is C19H30O3S3. The first-order valence-electron chi connectivity index (χ1n) is 8.63. The number of carbonyl (C=O) groups is 1. The van der Waals surface area contributed by atoms with Gasteiger partial charge in [0.1, 0.15) is 6.61 Å². The summed E-state index contributed by atoms with van der Waals surface area (Å²) in [6.45, 7) is 6.90. The van der Waals surface area contributed by atoms with E-state index in [0.717, 1.165) is 18.6 Å². The number of rotatable bonds is 12.